The number of para-hydroxylation sites is 3. The zero-order valence-corrected chi connectivity index (χ0v) is 18.1. The van der Waals surface area contributed by atoms with Gasteiger partial charge >= 0.3 is 5.69 Å². The van der Waals surface area contributed by atoms with Crippen LogP contribution in [0.15, 0.2) is 69.3 Å². The molecule has 0 aliphatic carbocycles. The number of ketones is 1. The molecular formula is C22H21N5O3S. The summed E-state index contributed by atoms with van der Waals surface area (Å²) in [5.74, 6) is -0.590. The van der Waals surface area contributed by atoms with Crippen molar-refractivity contribution in [2.75, 3.05) is 5.73 Å². The van der Waals surface area contributed by atoms with Crippen LogP contribution in [0.1, 0.15) is 17.3 Å². The summed E-state index contributed by atoms with van der Waals surface area (Å²) in [4.78, 5) is 42.6. The summed E-state index contributed by atoms with van der Waals surface area (Å²) in [7, 11) is 2.76. The van der Waals surface area contributed by atoms with Gasteiger partial charge in [-0.1, -0.05) is 42.1 Å². The monoisotopic (exact) mass is 435 g/mol. The predicted octanol–water partition coefficient (Wildman–Crippen LogP) is 2.37. The van der Waals surface area contributed by atoms with Gasteiger partial charge in [-0.05, 0) is 31.2 Å². The van der Waals surface area contributed by atoms with E-state index in [1.54, 1.807) is 6.92 Å². The van der Waals surface area contributed by atoms with Gasteiger partial charge in [0.15, 0.2) is 10.9 Å². The lowest BCUT2D eigenvalue weighted by atomic mass is 10.1. The molecule has 0 fully saturated rings. The maximum atomic E-state index is 13.2. The zero-order chi connectivity index (χ0) is 22.3. The Hall–Kier alpha value is -3.59. The smallest absolute Gasteiger partial charge is 0.332 e. The first-order valence-corrected chi connectivity index (χ1v) is 10.5. The Kier molecular flexibility index (Phi) is 5.28. The van der Waals surface area contributed by atoms with E-state index in [0.717, 1.165) is 25.9 Å². The minimum Gasteiger partial charge on any atom is -0.384 e. The number of hydrogen-bond acceptors (Lipinski definition) is 6. The third-order valence-electron chi connectivity index (χ3n) is 5.15. The summed E-state index contributed by atoms with van der Waals surface area (Å²) in [5, 5.41) is -0.0414. The zero-order valence-electron chi connectivity index (χ0n) is 17.3. The molecule has 2 aromatic heterocycles. The van der Waals surface area contributed by atoms with Crippen LogP contribution in [-0.2, 0) is 14.1 Å². The fourth-order valence-corrected chi connectivity index (χ4v) is 4.42. The Morgan fingerprint density at radius 2 is 1.65 bits per heavy atom. The molecule has 0 radical (unpaired) electrons. The maximum Gasteiger partial charge on any atom is 0.332 e. The molecule has 31 heavy (non-hydrogen) atoms. The Morgan fingerprint density at radius 1 is 1.00 bits per heavy atom. The van der Waals surface area contributed by atoms with Crippen LogP contribution in [0, 0.1) is 0 Å². The summed E-state index contributed by atoms with van der Waals surface area (Å²) < 4.78 is 3.97. The van der Waals surface area contributed by atoms with Gasteiger partial charge in [0, 0.05) is 19.8 Å². The van der Waals surface area contributed by atoms with Gasteiger partial charge in [0.2, 0.25) is 0 Å². The molecule has 9 heteroatoms. The molecule has 0 aliphatic rings. The van der Waals surface area contributed by atoms with E-state index in [2.05, 4.69) is 0 Å². The number of carbonyl (C=O) groups excluding carboxylic acids is 1. The van der Waals surface area contributed by atoms with E-state index in [0.29, 0.717) is 5.16 Å². The van der Waals surface area contributed by atoms with Crippen molar-refractivity contribution in [3.63, 3.8) is 0 Å². The highest BCUT2D eigenvalue weighted by molar-refractivity contribution is 8.00. The van der Waals surface area contributed by atoms with Crippen LogP contribution in [0.25, 0.3) is 16.7 Å². The van der Waals surface area contributed by atoms with E-state index in [4.69, 9.17) is 10.7 Å². The summed E-state index contributed by atoms with van der Waals surface area (Å²) in [6.07, 6.45) is 0. The van der Waals surface area contributed by atoms with Crippen LogP contribution in [0.3, 0.4) is 0 Å². The first-order valence-electron chi connectivity index (χ1n) is 9.60. The molecule has 0 spiro atoms. The fourth-order valence-electron chi connectivity index (χ4n) is 3.42. The topological polar surface area (TPSA) is 105 Å². The number of rotatable bonds is 5. The van der Waals surface area contributed by atoms with E-state index in [9.17, 15) is 14.4 Å². The molecule has 2 aromatic carbocycles. The van der Waals surface area contributed by atoms with E-state index in [-0.39, 0.29) is 11.4 Å². The van der Waals surface area contributed by atoms with Gasteiger partial charge in [0.25, 0.3) is 5.56 Å². The van der Waals surface area contributed by atoms with Gasteiger partial charge in [-0.2, -0.15) is 0 Å². The normalized spacial score (nSPS) is 12.2. The second-order valence-electron chi connectivity index (χ2n) is 7.14. The van der Waals surface area contributed by atoms with Gasteiger partial charge in [-0.15, -0.1) is 0 Å². The second-order valence-corrected chi connectivity index (χ2v) is 8.45. The van der Waals surface area contributed by atoms with Crippen LogP contribution >= 0.6 is 11.8 Å². The van der Waals surface area contributed by atoms with Crippen molar-refractivity contribution in [3.05, 3.63) is 81.0 Å². The highest BCUT2D eigenvalue weighted by Gasteiger charge is 2.27. The number of hydrogen-bond donors (Lipinski definition) is 1. The van der Waals surface area contributed by atoms with Gasteiger partial charge < -0.3 is 5.73 Å². The van der Waals surface area contributed by atoms with Crippen molar-refractivity contribution in [1.29, 1.82) is 0 Å². The summed E-state index contributed by atoms with van der Waals surface area (Å²) in [6, 6.07) is 17.4. The highest BCUT2D eigenvalue weighted by atomic mass is 32.2. The van der Waals surface area contributed by atoms with Crippen molar-refractivity contribution in [2.24, 2.45) is 14.1 Å². The highest BCUT2D eigenvalue weighted by Crippen LogP contribution is 2.31. The van der Waals surface area contributed by atoms with Crippen LogP contribution in [0.5, 0.6) is 0 Å². The number of imidazole rings is 1. The van der Waals surface area contributed by atoms with Crippen LogP contribution in [0.2, 0.25) is 0 Å². The molecule has 0 amide bonds. The van der Waals surface area contributed by atoms with Gasteiger partial charge in [-0.3, -0.25) is 23.3 Å². The van der Waals surface area contributed by atoms with E-state index in [1.807, 2.05) is 59.2 Å². The number of fused-ring (bicyclic) bond motifs is 1. The lowest BCUT2D eigenvalue weighted by Crippen LogP contribution is -2.42. The molecule has 158 valence electrons. The number of nitrogens with zero attached hydrogens (tertiary/aromatic N) is 4. The number of aromatic nitrogens is 4. The first-order chi connectivity index (χ1) is 14.8. The molecule has 0 bridgehead atoms. The third-order valence-corrected chi connectivity index (χ3v) is 6.20. The third kappa shape index (κ3) is 3.46. The van der Waals surface area contributed by atoms with Crippen molar-refractivity contribution in [1.82, 2.24) is 18.7 Å². The number of Topliss-reactive ketones (excluding diaryl/α,β-unsaturated/α-hetero) is 1. The molecule has 2 N–H and O–H groups in total. The first kappa shape index (κ1) is 20.7. The molecule has 2 heterocycles. The molecule has 1 unspecified atom stereocenters. The van der Waals surface area contributed by atoms with E-state index >= 15 is 0 Å². The quantitative estimate of drug-likeness (QED) is 0.381. The number of benzene rings is 2. The molecule has 8 nitrogen and oxygen atoms in total. The largest absolute Gasteiger partial charge is 0.384 e. The number of nitrogens with two attached hydrogens (primary N) is 1. The average Bonchev–Trinajstić information content (AvgIpc) is 3.14. The molecular weight excluding hydrogens is 414 g/mol. The van der Waals surface area contributed by atoms with Gasteiger partial charge in [0.05, 0.1) is 16.3 Å². The number of carbonyl (C=O) groups is 1. The van der Waals surface area contributed by atoms with Crippen LogP contribution < -0.4 is 17.0 Å². The molecule has 4 aromatic rings. The Morgan fingerprint density at radius 3 is 2.35 bits per heavy atom. The van der Waals surface area contributed by atoms with Crippen molar-refractivity contribution in [2.45, 2.75) is 17.3 Å². The Bertz CT molecular complexity index is 1420. The summed E-state index contributed by atoms with van der Waals surface area (Å²) in [6.45, 7) is 1.70. The minimum atomic E-state index is -0.699. The number of thioether (sulfide) groups is 1. The molecule has 0 aliphatic heterocycles. The molecule has 0 saturated heterocycles. The van der Waals surface area contributed by atoms with Gasteiger partial charge in [-0.25, -0.2) is 9.78 Å². The van der Waals surface area contributed by atoms with E-state index in [1.165, 1.54) is 25.9 Å². The van der Waals surface area contributed by atoms with Crippen LogP contribution in [0.4, 0.5) is 5.82 Å². The SMILES string of the molecule is CC(Sc1nc2ccccc2n1-c1ccccc1)C(=O)c1c(N)n(C)c(=O)n(C)c1=O. The summed E-state index contributed by atoms with van der Waals surface area (Å²) in [5.41, 5.74) is 7.12. The standard InChI is InChI=1S/C22H21N5O3S/c1-13(18(28)17-19(23)25(2)22(30)26(3)20(17)29)31-21-24-15-11-7-8-12-16(15)27(21)14-9-5-4-6-10-14/h4-13H,23H2,1-3H3. The Balaban J connectivity index is 1.79. The molecule has 1 atom stereocenters. The second kappa shape index (κ2) is 7.92. The lowest BCUT2D eigenvalue weighted by molar-refractivity contribution is 0.0992. The van der Waals surface area contributed by atoms with Gasteiger partial charge in [0.1, 0.15) is 11.4 Å². The maximum absolute atomic E-state index is 13.2. The van der Waals surface area contributed by atoms with E-state index < -0.39 is 22.3 Å². The van der Waals surface area contributed by atoms with Crippen molar-refractivity contribution < 1.29 is 4.79 Å². The predicted molar refractivity (Wildman–Crippen MR) is 122 cm³/mol. The molecule has 0 saturated carbocycles. The lowest BCUT2D eigenvalue weighted by Gasteiger charge is -2.15. The Labute approximate surface area is 181 Å². The fraction of sp³-hybridized carbons (Fsp3) is 0.182. The van der Waals surface area contributed by atoms with Crippen molar-refractivity contribution >= 4 is 34.4 Å². The summed E-state index contributed by atoms with van der Waals surface area (Å²) >= 11 is 1.24. The van der Waals surface area contributed by atoms with Crippen molar-refractivity contribution in [3.8, 4) is 5.69 Å². The average molecular weight is 436 g/mol. The molecule has 4 rings (SSSR count). The number of anilines is 1. The minimum absolute atomic E-state index is 0.137. The van der Waals surface area contributed by atoms with Crippen LogP contribution in [-0.4, -0.2) is 29.7 Å². The number of nitrogen functional groups attached to an aromatic ring is 1.